The lowest BCUT2D eigenvalue weighted by Gasteiger charge is -2.23. The molecule has 2 amide bonds. The van der Waals surface area contributed by atoms with E-state index in [1.807, 2.05) is 41.1 Å². The Morgan fingerprint density at radius 3 is 2.78 bits per heavy atom. The lowest BCUT2D eigenvalue weighted by molar-refractivity contribution is -0.121. The Balaban J connectivity index is 1.89. The molecule has 1 aliphatic rings. The summed E-state index contributed by atoms with van der Waals surface area (Å²) in [6.45, 7) is 7.97. The second kappa shape index (κ2) is 7.44. The Kier molecular flexibility index (Phi) is 5.39. The average molecular weight is 390 g/mol. The van der Waals surface area contributed by atoms with Crippen LogP contribution in [0, 0.1) is 5.41 Å². The lowest BCUT2D eigenvalue weighted by atomic mass is 9.90. The molecular formula is C19H27N5O2S. The van der Waals surface area contributed by atoms with Gasteiger partial charge >= 0.3 is 0 Å². The van der Waals surface area contributed by atoms with E-state index in [1.165, 1.54) is 5.01 Å². The SMILES string of the molecule is CN(C)CCNC(=O)CN1N=C(C(C)(C)C)Cn2c(cc3sccc32)C1=O. The van der Waals surface area contributed by atoms with Crippen LogP contribution in [0.4, 0.5) is 0 Å². The third-order valence-corrected chi connectivity index (χ3v) is 5.42. The zero-order chi connectivity index (χ0) is 19.8. The zero-order valence-electron chi connectivity index (χ0n) is 16.6. The topological polar surface area (TPSA) is 69.9 Å². The minimum atomic E-state index is -0.236. The maximum Gasteiger partial charge on any atom is 0.291 e. The summed E-state index contributed by atoms with van der Waals surface area (Å²) in [6.07, 6.45) is 0. The second-order valence-corrected chi connectivity index (χ2v) is 9.05. The van der Waals surface area contributed by atoms with Gasteiger partial charge < -0.3 is 14.8 Å². The summed E-state index contributed by atoms with van der Waals surface area (Å²) in [5, 5.41) is 10.8. The summed E-state index contributed by atoms with van der Waals surface area (Å²) in [5.74, 6) is -0.440. The molecule has 27 heavy (non-hydrogen) atoms. The summed E-state index contributed by atoms with van der Waals surface area (Å²) in [7, 11) is 3.90. The number of hydrogen-bond acceptors (Lipinski definition) is 5. The molecule has 1 N–H and O–H groups in total. The van der Waals surface area contributed by atoms with Crippen LogP contribution < -0.4 is 5.32 Å². The van der Waals surface area contributed by atoms with Crippen LogP contribution in [-0.2, 0) is 11.3 Å². The molecule has 146 valence electrons. The number of aromatic nitrogens is 1. The van der Waals surface area contributed by atoms with Gasteiger partial charge in [0.15, 0.2) is 0 Å². The molecule has 1 aliphatic heterocycles. The summed E-state index contributed by atoms with van der Waals surface area (Å²) in [6, 6.07) is 3.93. The molecule has 2 aromatic heterocycles. The van der Waals surface area contributed by atoms with E-state index in [2.05, 4.69) is 31.2 Å². The fourth-order valence-corrected chi connectivity index (χ4v) is 3.76. The van der Waals surface area contributed by atoms with Crippen molar-refractivity contribution in [2.75, 3.05) is 33.7 Å². The standard InChI is InChI=1S/C19H27N5O2S/c1-19(2,3)16-11-23-13-6-9-27-15(13)10-14(23)18(26)24(21-16)12-17(25)20-7-8-22(4)5/h6,9-10H,7-8,11-12H2,1-5H3,(H,20,25). The average Bonchev–Trinajstić information content (AvgIpc) is 3.10. The summed E-state index contributed by atoms with van der Waals surface area (Å²) in [4.78, 5) is 27.4. The van der Waals surface area contributed by atoms with Crippen molar-refractivity contribution in [1.82, 2.24) is 19.8 Å². The first-order valence-corrected chi connectivity index (χ1v) is 9.93. The van der Waals surface area contributed by atoms with E-state index in [0.717, 1.165) is 22.5 Å². The highest BCUT2D eigenvalue weighted by Gasteiger charge is 2.31. The summed E-state index contributed by atoms with van der Waals surface area (Å²) < 4.78 is 3.09. The van der Waals surface area contributed by atoms with E-state index >= 15 is 0 Å². The van der Waals surface area contributed by atoms with Crippen LogP contribution in [0.5, 0.6) is 0 Å². The fourth-order valence-electron chi connectivity index (χ4n) is 2.93. The minimum Gasteiger partial charge on any atom is -0.353 e. The number of hydrazone groups is 1. The third kappa shape index (κ3) is 4.22. The number of carbonyl (C=O) groups is 2. The molecule has 0 fully saturated rings. The van der Waals surface area contributed by atoms with Crippen LogP contribution in [0.2, 0.25) is 0 Å². The van der Waals surface area contributed by atoms with Crippen molar-refractivity contribution >= 4 is 39.1 Å². The van der Waals surface area contributed by atoms with Crippen LogP contribution in [0.1, 0.15) is 31.3 Å². The maximum atomic E-state index is 13.1. The van der Waals surface area contributed by atoms with E-state index in [9.17, 15) is 9.59 Å². The molecule has 0 unspecified atom stereocenters. The number of amides is 2. The Labute approximate surface area is 163 Å². The Hall–Kier alpha value is -2.19. The van der Waals surface area contributed by atoms with Gasteiger partial charge in [0, 0.05) is 18.5 Å². The first kappa shape index (κ1) is 19.6. The lowest BCUT2D eigenvalue weighted by Crippen LogP contribution is -2.40. The summed E-state index contributed by atoms with van der Waals surface area (Å²) >= 11 is 1.61. The number of nitrogens with zero attached hydrogens (tertiary/aromatic N) is 4. The molecule has 0 aliphatic carbocycles. The van der Waals surface area contributed by atoms with Gasteiger partial charge in [-0.1, -0.05) is 20.8 Å². The highest BCUT2D eigenvalue weighted by molar-refractivity contribution is 7.17. The van der Waals surface area contributed by atoms with Gasteiger partial charge in [-0.15, -0.1) is 11.3 Å². The number of hydrogen-bond donors (Lipinski definition) is 1. The summed E-state index contributed by atoms with van der Waals surface area (Å²) in [5.41, 5.74) is 2.28. The van der Waals surface area contributed by atoms with E-state index < -0.39 is 0 Å². The monoisotopic (exact) mass is 389 g/mol. The third-order valence-electron chi connectivity index (χ3n) is 4.57. The van der Waals surface area contributed by atoms with Crippen molar-refractivity contribution in [3.05, 3.63) is 23.2 Å². The van der Waals surface area contributed by atoms with Gasteiger partial charge in [0.25, 0.3) is 5.91 Å². The van der Waals surface area contributed by atoms with Crippen LogP contribution in [-0.4, -0.2) is 65.7 Å². The molecule has 0 spiro atoms. The van der Waals surface area contributed by atoms with Crippen molar-refractivity contribution in [3.8, 4) is 0 Å². The van der Waals surface area contributed by atoms with Crippen molar-refractivity contribution in [2.45, 2.75) is 27.3 Å². The van der Waals surface area contributed by atoms with Crippen molar-refractivity contribution in [3.63, 3.8) is 0 Å². The van der Waals surface area contributed by atoms with Crippen molar-refractivity contribution < 1.29 is 9.59 Å². The van der Waals surface area contributed by atoms with Crippen LogP contribution in [0.25, 0.3) is 10.2 Å². The quantitative estimate of drug-likeness (QED) is 0.853. The number of carbonyl (C=O) groups excluding carboxylic acids is 2. The predicted octanol–water partition coefficient (Wildman–Crippen LogP) is 2.24. The van der Waals surface area contributed by atoms with E-state index in [0.29, 0.717) is 18.8 Å². The molecule has 0 saturated heterocycles. The molecule has 3 rings (SSSR count). The normalized spacial score (nSPS) is 15.1. The van der Waals surface area contributed by atoms with Gasteiger partial charge in [0.2, 0.25) is 5.91 Å². The molecule has 3 heterocycles. The Morgan fingerprint density at radius 2 is 2.11 bits per heavy atom. The highest BCUT2D eigenvalue weighted by Crippen LogP contribution is 2.30. The second-order valence-electron chi connectivity index (χ2n) is 8.10. The molecule has 2 aromatic rings. The van der Waals surface area contributed by atoms with Gasteiger partial charge in [-0.3, -0.25) is 9.59 Å². The molecule has 0 bridgehead atoms. The largest absolute Gasteiger partial charge is 0.353 e. The molecule has 8 heteroatoms. The fraction of sp³-hybridized carbons (Fsp3) is 0.526. The smallest absolute Gasteiger partial charge is 0.291 e. The van der Waals surface area contributed by atoms with E-state index in [1.54, 1.807) is 11.3 Å². The highest BCUT2D eigenvalue weighted by atomic mass is 32.1. The molecule has 0 atom stereocenters. The number of fused-ring (bicyclic) bond motifs is 3. The number of rotatable bonds is 5. The molecule has 0 radical (unpaired) electrons. The Morgan fingerprint density at radius 1 is 1.37 bits per heavy atom. The molecule has 0 aromatic carbocycles. The number of nitrogens with one attached hydrogen (secondary N) is 1. The van der Waals surface area contributed by atoms with Crippen LogP contribution in [0.3, 0.4) is 0 Å². The minimum absolute atomic E-state index is 0.0787. The van der Waals surface area contributed by atoms with Gasteiger partial charge in [-0.25, -0.2) is 5.01 Å². The number of thiophene rings is 1. The van der Waals surface area contributed by atoms with E-state index in [4.69, 9.17) is 0 Å². The van der Waals surface area contributed by atoms with Gasteiger partial charge in [0.1, 0.15) is 12.2 Å². The number of likely N-dealkylation sites (N-methyl/N-ethyl adjacent to an activating group) is 1. The van der Waals surface area contributed by atoms with Crippen LogP contribution in [0.15, 0.2) is 22.6 Å². The first-order chi connectivity index (χ1) is 12.7. The molecular weight excluding hydrogens is 362 g/mol. The van der Waals surface area contributed by atoms with Gasteiger partial charge in [0.05, 0.1) is 22.5 Å². The maximum absolute atomic E-state index is 13.1. The van der Waals surface area contributed by atoms with Gasteiger partial charge in [-0.05, 0) is 31.6 Å². The van der Waals surface area contributed by atoms with Crippen molar-refractivity contribution in [1.29, 1.82) is 0 Å². The molecule has 0 saturated carbocycles. The van der Waals surface area contributed by atoms with Crippen molar-refractivity contribution in [2.24, 2.45) is 10.5 Å². The first-order valence-electron chi connectivity index (χ1n) is 9.05. The van der Waals surface area contributed by atoms with Gasteiger partial charge in [-0.2, -0.15) is 5.10 Å². The van der Waals surface area contributed by atoms with E-state index in [-0.39, 0.29) is 23.8 Å². The predicted molar refractivity (Wildman–Crippen MR) is 109 cm³/mol. The zero-order valence-corrected chi connectivity index (χ0v) is 17.4. The van der Waals surface area contributed by atoms with Crippen LogP contribution >= 0.6 is 11.3 Å². The molecule has 7 nitrogen and oxygen atoms in total. The Bertz CT molecular complexity index is 888.